The van der Waals surface area contributed by atoms with E-state index in [1.165, 1.54) is 0 Å². The Balaban J connectivity index is 3.02. The van der Waals surface area contributed by atoms with Gasteiger partial charge >= 0.3 is 12.1 Å². The quantitative estimate of drug-likeness (QED) is 0.850. The summed E-state index contributed by atoms with van der Waals surface area (Å²) in [5.41, 5.74) is -0.754. The third-order valence-corrected chi connectivity index (χ3v) is 2.75. The molecule has 0 bridgehead atoms. The number of rotatable bonds is 4. The van der Waals surface area contributed by atoms with Crippen LogP contribution in [0, 0.1) is 0 Å². The van der Waals surface area contributed by atoms with Gasteiger partial charge in [0.05, 0.1) is 7.11 Å². The topological polar surface area (TPSA) is 73.9 Å². The van der Waals surface area contributed by atoms with Crippen LogP contribution in [0.15, 0.2) is 24.3 Å². The largest absolute Gasteiger partial charge is 0.497 e. The van der Waals surface area contributed by atoms with Crippen molar-refractivity contribution in [3.8, 4) is 5.75 Å². The first-order valence-electron chi connectivity index (χ1n) is 7.77. The second-order valence-corrected chi connectivity index (χ2v) is 7.39. The summed E-state index contributed by atoms with van der Waals surface area (Å²) >= 11 is 0. The molecule has 6 nitrogen and oxygen atoms in total. The highest BCUT2D eigenvalue weighted by molar-refractivity contribution is 5.83. The minimum absolute atomic E-state index is 0.557. The number of carbonyl (C=O) groups is 2. The molecule has 6 heteroatoms. The smallest absolute Gasteiger partial charge is 0.408 e. The van der Waals surface area contributed by atoms with Gasteiger partial charge in [-0.05, 0) is 59.2 Å². The third-order valence-electron chi connectivity index (χ3n) is 2.75. The first-order valence-corrected chi connectivity index (χ1v) is 7.77. The molecule has 0 radical (unpaired) electrons. The Labute approximate surface area is 143 Å². The fraction of sp³-hybridized carbons (Fsp3) is 0.556. The van der Waals surface area contributed by atoms with Crippen LogP contribution in [0.2, 0.25) is 0 Å². The predicted molar refractivity (Wildman–Crippen MR) is 90.9 cm³/mol. The lowest BCUT2D eigenvalue weighted by molar-refractivity contribution is -0.157. The molecule has 0 aliphatic heterocycles. The molecular weight excluding hydrogens is 310 g/mol. The summed E-state index contributed by atoms with van der Waals surface area (Å²) in [6, 6.07) is 5.85. The van der Waals surface area contributed by atoms with E-state index in [1.54, 1.807) is 72.9 Å². The molecule has 0 saturated heterocycles. The van der Waals surface area contributed by atoms with E-state index in [-0.39, 0.29) is 0 Å². The average molecular weight is 337 g/mol. The zero-order valence-corrected chi connectivity index (χ0v) is 15.4. The van der Waals surface area contributed by atoms with E-state index in [2.05, 4.69) is 5.32 Å². The summed E-state index contributed by atoms with van der Waals surface area (Å²) in [7, 11) is 1.55. The Hall–Kier alpha value is -2.24. The maximum absolute atomic E-state index is 12.5. The van der Waals surface area contributed by atoms with Gasteiger partial charge in [0.25, 0.3) is 0 Å². The third kappa shape index (κ3) is 6.89. The van der Waals surface area contributed by atoms with Crippen molar-refractivity contribution in [1.29, 1.82) is 0 Å². The van der Waals surface area contributed by atoms with Gasteiger partial charge in [-0.2, -0.15) is 0 Å². The highest BCUT2D eigenvalue weighted by atomic mass is 16.6. The van der Waals surface area contributed by atoms with E-state index in [9.17, 15) is 9.59 Å². The summed E-state index contributed by atoms with van der Waals surface area (Å²) < 4.78 is 15.7. The van der Waals surface area contributed by atoms with Crippen molar-refractivity contribution in [1.82, 2.24) is 5.32 Å². The second kappa shape index (κ2) is 7.55. The molecule has 0 aromatic heterocycles. The van der Waals surface area contributed by atoms with Crippen molar-refractivity contribution < 1.29 is 23.8 Å². The minimum Gasteiger partial charge on any atom is -0.497 e. The van der Waals surface area contributed by atoms with Gasteiger partial charge in [-0.25, -0.2) is 9.59 Å². The van der Waals surface area contributed by atoms with Crippen LogP contribution in [0.25, 0.3) is 0 Å². The van der Waals surface area contributed by atoms with Crippen molar-refractivity contribution in [2.45, 2.75) is 58.8 Å². The molecule has 1 aromatic rings. The molecule has 1 atom stereocenters. The maximum atomic E-state index is 12.5. The Kier molecular flexibility index (Phi) is 6.23. The number of methoxy groups -OCH3 is 1. The second-order valence-electron chi connectivity index (χ2n) is 7.39. The minimum atomic E-state index is -0.968. The zero-order valence-electron chi connectivity index (χ0n) is 15.4. The van der Waals surface area contributed by atoms with E-state index in [4.69, 9.17) is 14.2 Å². The number of benzene rings is 1. The first-order chi connectivity index (χ1) is 10.9. The predicted octanol–water partition coefficient (Wildman–Crippen LogP) is 3.60. The van der Waals surface area contributed by atoms with Crippen LogP contribution in [0.4, 0.5) is 4.79 Å². The van der Waals surface area contributed by atoms with E-state index < -0.39 is 29.3 Å². The number of nitrogens with one attached hydrogen (secondary N) is 1. The van der Waals surface area contributed by atoms with Gasteiger partial charge in [0.1, 0.15) is 17.0 Å². The number of alkyl carbamates (subject to hydrolysis) is 1. The molecule has 0 saturated carbocycles. The van der Waals surface area contributed by atoms with E-state index >= 15 is 0 Å². The van der Waals surface area contributed by atoms with E-state index in [0.717, 1.165) is 0 Å². The molecule has 1 amide bonds. The molecule has 0 spiro atoms. The van der Waals surface area contributed by atoms with Crippen LogP contribution in [-0.4, -0.2) is 30.4 Å². The summed E-state index contributed by atoms with van der Waals surface area (Å²) in [5, 5.41) is 2.57. The molecule has 0 aliphatic carbocycles. The van der Waals surface area contributed by atoms with Crippen molar-refractivity contribution in [3.05, 3.63) is 29.8 Å². The number of hydrogen-bond donors (Lipinski definition) is 1. The highest BCUT2D eigenvalue weighted by Gasteiger charge is 2.30. The molecule has 0 fully saturated rings. The molecule has 0 unspecified atom stereocenters. The van der Waals surface area contributed by atoms with Gasteiger partial charge in [0.15, 0.2) is 6.04 Å². The Morgan fingerprint density at radius 3 is 1.83 bits per heavy atom. The lowest BCUT2D eigenvalue weighted by Gasteiger charge is -2.26. The van der Waals surface area contributed by atoms with Crippen LogP contribution >= 0.6 is 0 Å². The molecule has 1 N–H and O–H groups in total. The average Bonchev–Trinajstić information content (AvgIpc) is 2.41. The Morgan fingerprint density at radius 2 is 1.42 bits per heavy atom. The fourth-order valence-electron chi connectivity index (χ4n) is 1.86. The Morgan fingerprint density at radius 1 is 0.917 bits per heavy atom. The number of carbonyl (C=O) groups excluding carboxylic acids is 2. The van der Waals surface area contributed by atoms with Gasteiger partial charge in [0.2, 0.25) is 0 Å². The van der Waals surface area contributed by atoms with Crippen molar-refractivity contribution in [2.75, 3.05) is 7.11 Å². The summed E-state index contributed by atoms with van der Waals surface area (Å²) in [6.07, 6.45) is -0.686. The van der Waals surface area contributed by atoms with Gasteiger partial charge in [-0.1, -0.05) is 12.1 Å². The standard InChI is InChI=1S/C18H27NO5/c1-17(2,3)23-15(20)14(19-16(21)24-18(4,5)6)12-8-10-13(22-7)11-9-12/h8-11,14H,1-7H3,(H,19,21)/t14-/m0/s1. The van der Waals surface area contributed by atoms with Crippen LogP contribution in [0.1, 0.15) is 53.1 Å². The molecule has 1 rings (SSSR count). The number of amides is 1. The van der Waals surface area contributed by atoms with E-state index in [0.29, 0.717) is 11.3 Å². The summed E-state index contributed by atoms with van der Waals surface area (Å²) in [6.45, 7) is 10.6. The van der Waals surface area contributed by atoms with Crippen LogP contribution in [0.5, 0.6) is 5.75 Å². The normalized spacial score (nSPS) is 13.0. The lowest BCUT2D eigenvalue weighted by atomic mass is 10.1. The molecule has 0 aliphatic rings. The van der Waals surface area contributed by atoms with Crippen molar-refractivity contribution in [3.63, 3.8) is 0 Å². The number of ether oxygens (including phenoxy) is 3. The SMILES string of the molecule is COc1ccc([C@H](NC(=O)OC(C)(C)C)C(=O)OC(C)(C)C)cc1. The van der Waals surface area contributed by atoms with Gasteiger partial charge in [0, 0.05) is 0 Å². The van der Waals surface area contributed by atoms with Gasteiger partial charge in [-0.15, -0.1) is 0 Å². The number of esters is 1. The van der Waals surface area contributed by atoms with Crippen molar-refractivity contribution in [2.24, 2.45) is 0 Å². The number of hydrogen-bond acceptors (Lipinski definition) is 5. The highest BCUT2D eigenvalue weighted by Crippen LogP contribution is 2.22. The zero-order chi connectivity index (χ0) is 18.5. The van der Waals surface area contributed by atoms with Gasteiger partial charge in [-0.3, -0.25) is 0 Å². The summed E-state index contributed by atoms with van der Waals surface area (Å²) in [5.74, 6) is 0.0949. The molecule has 1 aromatic carbocycles. The molecule has 24 heavy (non-hydrogen) atoms. The molecule has 134 valence electrons. The fourth-order valence-corrected chi connectivity index (χ4v) is 1.86. The lowest BCUT2D eigenvalue weighted by Crippen LogP contribution is -2.40. The maximum Gasteiger partial charge on any atom is 0.408 e. The van der Waals surface area contributed by atoms with Crippen LogP contribution in [0.3, 0.4) is 0 Å². The van der Waals surface area contributed by atoms with Crippen molar-refractivity contribution >= 4 is 12.1 Å². The summed E-state index contributed by atoms with van der Waals surface area (Å²) in [4.78, 5) is 24.6. The van der Waals surface area contributed by atoms with Crippen LogP contribution < -0.4 is 10.1 Å². The molecule has 0 heterocycles. The van der Waals surface area contributed by atoms with E-state index in [1.807, 2.05) is 0 Å². The monoisotopic (exact) mass is 337 g/mol. The molecular formula is C18H27NO5. The van der Waals surface area contributed by atoms with Crippen LogP contribution in [-0.2, 0) is 14.3 Å². The Bertz CT molecular complexity index is 567. The first kappa shape index (κ1) is 19.8. The van der Waals surface area contributed by atoms with Gasteiger partial charge < -0.3 is 19.5 Å².